The van der Waals surface area contributed by atoms with E-state index in [1.807, 2.05) is 37.3 Å². The Morgan fingerprint density at radius 1 is 1.21 bits per heavy atom. The zero-order chi connectivity index (χ0) is 13.5. The Bertz CT molecular complexity index is 543. The third-order valence-corrected chi connectivity index (χ3v) is 3.58. The Labute approximate surface area is 117 Å². The minimum absolute atomic E-state index is 0.256. The van der Waals surface area contributed by atoms with E-state index < -0.39 is 0 Å². The minimum atomic E-state index is -0.256. The quantitative estimate of drug-likeness (QED) is 0.476. The van der Waals surface area contributed by atoms with Gasteiger partial charge in [-0.25, -0.2) is 4.79 Å². The van der Waals surface area contributed by atoms with Crippen molar-refractivity contribution < 1.29 is 9.53 Å². The molecule has 1 aromatic heterocycles. The number of benzene rings is 1. The number of esters is 1. The van der Waals surface area contributed by atoms with Crippen LogP contribution >= 0.6 is 11.8 Å². The van der Waals surface area contributed by atoms with Crippen LogP contribution in [0, 0.1) is 6.92 Å². The summed E-state index contributed by atoms with van der Waals surface area (Å²) in [4.78, 5) is 16.9. The number of ether oxygens (including phenoxy) is 1. The van der Waals surface area contributed by atoms with E-state index in [4.69, 9.17) is 4.74 Å². The van der Waals surface area contributed by atoms with E-state index in [9.17, 15) is 4.79 Å². The lowest BCUT2D eigenvalue weighted by molar-refractivity contribution is 0.0529. The second kappa shape index (κ2) is 6.95. The molecule has 0 unspecified atom stereocenters. The number of nitrogens with zero attached hydrogens (tertiary/aromatic N) is 1. The number of hydrogen-bond donors (Lipinski definition) is 0. The van der Waals surface area contributed by atoms with E-state index in [-0.39, 0.29) is 5.97 Å². The Morgan fingerprint density at radius 2 is 1.95 bits per heavy atom. The number of aryl methyl sites for hydroxylation is 1. The fraction of sp³-hybridized carbons (Fsp3) is 0.200. The molecule has 0 saturated heterocycles. The van der Waals surface area contributed by atoms with Gasteiger partial charge in [-0.05, 0) is 30.7 Å². The van der Waals surface area contributed by atoms with Crippen LogP contribution in [0.2, 0.25) is 0 Å². The second-order valence-corrected chi connectivity index (χ2v) is 5.15. The van der Waals surface area contributed by atoms with E-state index in [1.54, 1.807) is 30.2 Å². The highest BCUT2D eigenvalue weighted by Crippen LogP contribution is 2.16. The number of carbonyl (C=O) groups is 1. The Morgan fingerprint density at radius 3 is 2.68 bits per heavy atom. The number of thioether (sulfide) groups is 1. The number of carbonyl (C=O) groups excluding carboxylic acids is 1. The predicted molar refractivity (Wildman–Crippen MR) is 76.4 cm³/mol. The smallest absolute Gasteiger partial charge is 0.338 e. The van der Waals surface area contributed by atoms with E-state index in [1.165, 1.54) is 0 Å². The highest BCUT2D eigenvalue weighted by Gasteiger charge is 2.08. The largest absolute Gasteiger partial charge is 0.461 e. The van der Waals surface area contributed by atoms with Gasteiger partial charge in [0.05, 0.1) is 5.56 Å². The molecule has 0 radical (unpaired) electrons. The molecule has 2 aromatic rings. The minimum Gasteiger partial charge on any atom is -0.461 e. The maximum atomic E-state index is 11.8. The van der Waals surface area contributed by atoms with Crippen LogP contribution in [0.5, 0.6) is 0 Å². The Hall–Kier alpha value is -1.81. The summed E-state index contributed by atoms with van der Waals surface area (Å²) in [6.45, 7) is 2.31. The van der Waals surface area contributed by atoms with Crippen LogP contribution in [0.25, 0.3) is 0 Å². The normalized spacial score (nSPS) is 10.2. The molecule has 0 fully saturated rings. The van der Waals surface area contributed by atoms with Crippen LogP contribution in [0.1, 0.15) is 15.9 Å². The molecule has 0 saturated carbocycles. The average Bonchev–Trinajstić information content (AvgIpc) is 2.45. The van der Waals surface area contributed by atoms with Gasteiger partial charge in [-0.3, -0.25) is 4.98 Å². The molecule has 1 aromatic carbocycles. The number of rotatable bonds is 5. The third kappa shape index (κ3) is 4.10. The molecule has 98 valence electrons. The van der Waals surface area contributed by atoms with Crippen molar-refractivity contribution in [3.63, 3.8) is 0 Å². The molecule has 0 aliphatic heterocycles. The van der Waals surface area contributed by atoms with Crippen molar-refractivity contribution in [2.45, 2.75) is 11.8 Å². The predicted octanol–water partition coefficient (Wildman–Crippen LogP) is 3.34. The van der Waals surface area contributed by atoms with Gasteiger partial charge in [-0.1, -0.05) is 18.2 Å². The molecule has 0 amide bonds. The van der Waals surface area contributed by atoms with Crippen LogP contribution in [0.4, 0.5) is 0 Å². The number of aromatic nitrogens is 1. The van der Waals surface area contributed by atoms with E-state index in [0.717, 1.165) is 16.2 Å². The van der Waals surface area contributed by atoms with Crippen molar-refractivity contribution in [1.29, 1.82) is 0 Å². The topological polar surface area (TPSA) is 39.2 Å². The van der Waals surface area contributed by atoms with Gasteiger partial charge in [0.2, 0.25) is 0 Å². The summed E-state index contributed by atoms with van der Waals surface area (Å²) in [6.07, 6.45) is 3.50. The van der Waals surface area contributed by atoms with E-state index in [0.29, 0.717) is 12.2 Å². The van der Waals surface area contributed by atoms with Gasteiger partial charge < -0.3 is 4.74 Å². The maximum absolute atomic E-state index is 11.8. The fourth-order valence-electron chi connectivity index (χ4n) is 1.61. The van der Waals surface area contributed by atoms with Gasteiger partial charge in [0.1, 0.15) is 6.61 Å². The summed E-state index contributed by atoms with van der Waals surface area (Å²) in [6, 6.07) is 11.3. The second-order valence-electron chi connectivity index (χ2n) is 3.98. The average molecular weight is 273 g/mol. The first-order valence-electron chi connectivity index (χ1n) is 6.03. The van der Waals surface area contributed by atoms with Crippen molar-refractivity contribution in [2.75, 3.05) is 12.4 Å². The molecular formula is C15H15NO2S. The van der Waals surface area contributed by atoms with Crippen molar-refractivity contribution in [3.8, 4) is 0 Å². The number of pyridine rings is 1. The molecule has 0 bridgehead atoms. The summed E-state index contributed by atoms with van der Waals surface area (Å²) in [5.41, 5.74) is 1.57. The van der Waals surface area contributed by atoms with Crippen molar-refractivity contribution in [3.05, 3.63) is 59.9 Å². The Balaban J connectivity index is 1.77. The van der Waals surface area contributed by atoms with Crippen molar-refractivity contribution in [1.82, 2.24) is 4.98 Å². The summed E-state index contributed by atoms with van der Waals surface area (Å²) >= 11 is 1.64. The first-order valence-corrected chi connectivity index (χ1v) is 7.01. The third-order valence-electron chi connectivity index (χ3n) is 2.60. The van der Waals surface area contributed by atoms with Crippen LogP contribution in [0.3, 0.4) is 0 Å². The van der Waals surface area contributed by atoms with Crippen LogP contribution in [0.15, 0.2) is 53.7 Å². The molecule has 2 rings (SSSR count). The highest BCUT2D eigenvalue weighted by atomic mass is 32.2. The van der Waals surface area contributed by atoms with Gasteiger partial charge >= 0.3 is 5.97 Å². The monoisotopic (exact) mass is 273 g/mol. The van der Waals surface area contributed by atoms with Crippen LogP contribution < -0.4 is 0 Å². The standard InChI is InChI=1S/C15H15NO2S/c1-12-4-2-3-5-14(12)15(17)18-10-11-19-13-6-8-16-9-7-13/h2-9H,10-11H2,1H3. The van der Waals surface area contributed by atoms with Gasteiger partial charge in [-0.2, -0.15) is 0 Å². The molecule has 4 heteroatoms. The first kappa shape index (κ1) is 13.6. The lowest BCUT2D eigenvalue weighted by Crippen LogP contribution is -2.09. The van der Waals surface area contributed by atoms with Crippen LogP contribution in [-0.4, -0.2) is 23.3 Å². The molecule has 19 heavy (non-hydrogen) atoms. The number of hydrogen-bond acceptors (Lipinski definition) is 4. The summed E-state index contributed by atoms with van der Waals surface area (Å²) in [5, 5.41) is 0. The van der Waals surface area contributed by atoms with Gasteiger partial charge in [0.25, 0.3) is 0 Å². The molecule has 0 aliphatic carbocycles. The fourth-order valence-corrected chi connectivity index (χ4v) is 2.32. The van der Waals surface area contributed by atoms with E-state index in [2.05, 4.69) is 4.98 Å². The van der Waals surface area contributed by atoms with Crippen molar-refractivity contribution >= 4 is 17.7 Å². The molecule has 0 atom stereocenters. The lowest BCUT2D eigenvalue weighted by Gasteiger charge is -2.06. The summed E-state index contributed by atoms with van der Waals surface area (Å²) < 4.78 is 5.26. The van der Waals surface area contributed by atoms with Crippen LogP contribution in [-0.2, 0) is 4.74 Å². The molecule has 1 heterocycles. The Kier molecular flexibility index (Phi) is 4.98. The molecule has 0 aliphatic rings. The zero-order valence-electron chi connectivity index (χ0n) is 10.7. The van der Waals surface area contributed by atoms with E-state index >= 15 is 0 Å². The highest BCUT2D eigenvalue weighted by molar-refractivity contribution is 7.99. The summed E-state index contributed by atoms with van der Waals surface area (Å²) in [7, 11) is 0. The van der Waals surface area contributed by atoms with Gasteiger partial charge in [0, 0.05) is 23.0 Å². The zero-order valence-corrected chi connectivity index (χ0v) is 11.5. The molecule has 0 spiro atoms. The molecular weight excluding hydrogens is 258 g/mol. The van der Waals surface area contributed by atoms with Gasteiger partial charge in [-0.15, -0.1) is 11.8 Å². The maximum Gasteiger partial charge on any atom is 0.338 e. The molecule has 3 nitrogen and oxygen atoms in total. The SMILES string of the molecule is Cc1ccccc1C(=O)OCCSc1ccncc1. The first-order chi connectivity index (χ1) is 9.27. The lowest BCUT2D eigenvalue weighted by atomic mass is 10.1. The summed E-state index contributed by atoms with van der Waals surface area (Å²) in [5.74, 6) is 0.482. The van der Waals surface area contributed by atoms with Crippen molar-refractivity contribution in [2.24, 2.45) is 0 Å². The molecule has 0 N–H and O–H groups in total. The van der Waals surface area contributed by atoms with Gasteiger partial charge in [0.15, 0.2) is 0 Å².